The van der Waals surface area contributed by atoms with Crippen LogP contribution in [0.3, 0.4) is 0 Å². The second-order valence-corrected chi connectivity index (χ2v) is 3.49. The van der Waals surface area contributed by atoms with E-state index in [4.69, 9.17) is 5.11 Å². The van der Waals surface area contributed by atoms with Gasteiger partial charge in [0.1, 0.15) is 5.78 Å². The Bertz CT molecular complexity index is 145. The van der Waals surface area contributed by atoms with Crippen molar-refractivity contribution in [3.63, 3.8) is 0 Å². The minimum atomic E-state index is 0.457. The molecule has 0 aliphatic heterocycles. The van der Waals surface area contributed by atoms with Crippen molar-refractivity contribution < 1.29 is 9.90 Å². The molecule has 0 aromatic carbocycles. The Morgan fingerprint density at radius 3 is 2.00 bits per heavy atom. The van der Waals surface area contributed by atoms with Crippen molar-refractivity contribution in [1.29, 1.82) is 0 Å². The smallest absolute Gasteiger partial charge is 0.133 e. The molecule has 0 aromatic heterocycles. The van der Waals surface area contributed by atoms with Crippen molar-refractivity contribution in [2.24, 2.45) is 0 Å². The highest BCUT2D eigenvalue weighted by atomic mass is 16.2. The second kappa shape index (κ2) is 7.94. The zero-order valence-corrected chi connectivity index (χ0v) is 9.62. The van der Waals surface area contributed by atoms with Crippen LogP contribution in [0.1, 0.15) is 39.5 Å². The molecule has 84 valence electrons. The first-order valence-electron chi connectivity index (χ1n) is 5.48. The number of aliphatic hydroxyl groups is 1. The van der Waals surface area contributed by atoms with E-state index < -0.39 is 0 Å². The lowest BCUT2D eigenvalue weighted by Gasteiger charge is -2.31. The van der Waals surface area contributed by atoms with E-state index in [1.165, 1.54) is 0 Å². The number of nitrogens with zero attached hydrogens (tertiary/aromatic N) is 1. The predicted octanol–water partition coefficient (Wildman–Crippen LogP) is 1.45. The number of aliphatic hydroxyl groups excluding tert-OH is 1. The van der Waals surface area contributed by atoms with E-state index >= 15 is 0 Å². The molecule has 1 N–H and O–H groups in total. The molecular formula is C11H23NO2. The average Bonchev–Trinajstić information content (AvgIpc) is 2.25. The van der Waals surface area contributed by atoms with Crippen LogP contribution in [0.15, 0.2) is 0 Å². The van der Waals surface area contributed by atoms with Gasteiger partial charge < -0.3 is 10.0 Å². The summed E-state index contributed by atoms with van der Waals surface area (Å²) in [5.41, 5.74) is 0. The summed E-state index contributed by atoms with van der Waals surface area (Å²) in [6, 6.07) is 0.678. The second-order valence-electron chi connectivity index (χ2n) is 3.49. The van der Waals surface area contributed by atoms with E-state index in [2.05, 4.69) is 18.7 Å². The molecule has 0 bridgehead atoms. The van der Waals surface area contributed by atoms with E-state index in [1.54, 1.807) is 0 Å². The van der Waals surface area contributed by atoms with Crippen LogP contribution in [-0.2, 0) is 4.79 Å². The number of rotatable bonds is 3. The van der Waals surface area contributed by atoms with Gasteiger partial charge in [-0.3, -0.25) is 4.79 Å². The molecule has 14 heavy (non-hydrogen) atoms. The Hall–Kier alpha value is -0.410. The van der Waals surface area contributed by atoms with Crippen LogP contribution >= 0.6 is 0 Å². The summed E-state index contributed by atoms with van der Waals surface area (Å²) in [6.07, 6.45) is 3.78. The van der Waals surface area contributed by atoms with Gasteiger partial charge in [-0.1, -0.05) is 13.8 Å². The van der Waals surface area contributed by atoms with Gasteiger partial charge in [0.05, 0.1) is 0 Å². The molecule has 1 aliphatic rings. The SMILES string of the molecule is CCN(CC)C1CCC(=O)CC1.CO. The van der Waals surface area contributed by atoms with Crippen LogP contribution in [0.25, 0.3) is 0 Å². The van der Waals surface area contributed by atoms with Gasteiger partial charge >= 0.3 is 0 Å². The minimum Gasteiger partial charge on any atom is -0.400 e. The molecule has 0 saturated heterocycles. The fourth-order valence-corrected chi connectivity index (χ4v) is 2.03. The van der Waals surface area contributed by atoms with Crippen molar-refractivity contribution in [2.75, 3.05) is 20.2 Å². The third-order valence-electron chi connectivity index (χ3n) is 2.84. The Balaban J connectivity index is 0.000000791. The number of hydrogen-bond acceptors (Lipinski definition) is 3. The van der Waals surface area contributed by atoms with Gasteiger partial charge in [0.15, 0.2) is 0 Å². The number of carbonyl (C=O) groups excluding carboxylic acids is 1. The van der Waals surface area contributed by atoms with Crippen LogP contribution < -0.4 is 0 Å². The molecular weight excluding hydrogens is 178 g/mol. The summed E-state index contributed by atoms with van der Waals surface area (Å²) in [4.78, 5) is 13.5. The van der Waals surface area contributed by atoms with Crippen molar-refractivity contribution in [2.45, 2.75) is 45.6 Å². The Labute approximate surface area is 87.1 Å². The van der Waals surface area contributed by atoms with Crippen molar-refractivity contribution in [3.8, 4) is 0 Å². The maximum atomic E-state index is 11.0. The predicted molar refractivity (Wildman–Crippen MR) is 58.3 cm³/mol. The molecule has 1 saturated carbocycles. The first kappa shape index (κ1) is 13.6. The third kappa shape index (κ3) is 4.20. The van der Waals surface area contributed by atoms with Crippen LogP contribution in [0, 0.1) is 0 Å². The maximum Gasteiger partial charge on any atom is 0.133 e. The van der Waals surface area contributed by atoms with Gasteiger partial charge in [-0.05, 0) is 25.9 Å². The minimum absolute atomic E-state index is 0.457. The lowest BCUT2D eigenvalue weighted by Crippen LogP contribution is -2.37. The number of hydrogen-bond donors (Lipinski definition) is 1. The number of Topliss-reactive ketones (excluding diaryl/α,β-unsaturated/α-hetero) is 1. The highest BCUT2D eigenvalue weighted by molar-refractivity contribution is 5.79. The average molecular weight is 201 g/mol. The highest BCUT2D eigenvalue weighted by Gasteiger charge is 2.21. The molecule has 0 atom stereocenters. The molecule has 0 heterocycles. The van der Waals surface area contributed by atoms with E-state index in [9.17, 15) is 4.79 Å². The van der Waals surface area contributed by atoms with Crippen LogP contribution in [-0.4, -0.2) is 42.0 Å². The molecule has 3 heteroatoms. The molecule has 1 aliphatic carbocycles. The first-order valence-corrected chi connectivity index (χ1v) is 5.48. The standard InChI is InChI=1S/C10H19NO.CH4O/c1-3-11(4-2)9-5-7-10(12)8-6-9;1-2/h9H,3-8H2,1-2H3;2H,1H3. The Morgan fingerprint density at radius 2 is 1.64 bits per heavy atom. The summed E-state index contributed by atoms with van der Waals surface area (Å²) >= 11 is 0. The molecule has 1 fully saturated rings. The van der Waals surface area contributed by atoms with Gasteiger partial charge in [-0.25, -0.2) is 0 Å². The first-order chi connectivity index (χ1) is 6.77. The Morgan fingerprint density at radius 1 is 1.21 bits per heavy atom. The molecule has 0 aromatic rings. The van der Waals surface area contributed by atoms with Crippen LogP contribution in [0.2, 0.25) is 0 Å². The molecule has 0 radical (unpaired) electrons. The maximum absolute atomic E-state index is 11.0. The van der Waals surface area contributed by atoms with E-state index in [1.807, 2.05) is 0 Å². The van der Waals surface area contributed by atoms with Crippen LogP contribution in [0.5, 0.6) is 0 Å². The van der Waals surface area contributed by atoms with Gasteiger partial charge in [-0.15, -0.1) is 0 Å². The summed E-state index contributed by atoms with van der Waals surface area (Å²) in [5, 5.41) is 7.00. The summed E-state index contributed by atoms with van der Waals surface area (Å²) < 4.78 is 0. The van der Waals surface area contributed by atoms with E-state index in [0.717, 1.165) is 45.9 Å². The Kier molecular flexibility index (Phi) is 7.71. The largest absolute Gasteiger partial charge is 0.400 e. The van der Waals surface area contributed by atoms with Gasteiger partial charge in [0, 0.05) is 26.0 Å². The number of carbonyl (C=O) groups is 1. The normalized spacial score (nSPS) is 17.9. The summed E-state index contributed by atoms with van der Waals surface area (Å²) in [6.45, 7) is 6.63. The zero-order chi connectivity index (χ0) is 11.0. The number of ketones is 1. The van der Waals surface area contributed by atoms with Crippen molar-refractivity contribution >= 4 is 5.78 Å². The molecule has 0 amide bonds. The van der Waals surface area contributed by atoms with E-state index in [-0.39, 0.29) is 0 Å². The van der Waals surface area contributed by atoms with Crippen LogP contribution in [0.4, 0.5) is 0 Å². The molecule has 3 nitrogen and oxygen atoms in total. The molecule has 0 spiro atoms. The lowest BCUT2D eigenvalue weighted by atomic mass is 9.93. The monoisotopic (exact) mass is 201 g/mol. The fourth-order valence-electron chi connectivity index (χ4n) is 2.03. The van der Waals surface area contributed by atoms with E-state index in [0.29, 0.717) is 11.8 Å². The van der Waals surface area contributed by atoms with Crippen molar-refractivity contribution in [3.05, 3.63) is 0 Å². The summed E-state index contributed by atoms with van der Waals surface area (Å²) in [7, 11) is 1.00. The van der Waals surface area contributed by atoms with Gasteiger partial charge in [-0.2, -0.15) is 0 Å². The highest BCUT2D eigenvalue weighted by Crippen LogP contribution is 2.19. The van der Waals surface area contributed by atoms with Crippen molar-refractivity contribution in [1.82, 2.24) is 4.90 Å². The topological polar surface area (TPSA) is 40.5 Å². The lowest BCUT2D eigenvalue weighted by molar-refractivity contribution is -0.121. The molecule has 0 unspecified atom stereocenters. The third-order valence-corrected chi connectivity index (χ3v) is 2.84. The van der Waals surface area contributed by atoms with Gasteiger partial charge in [0.25, 0.3) is 0 Å². The zero-order valence-electron chi connectivity index (χ0n) is 9.62. The van der Waals surface area contributed by atoms with Gasteiger partial charge in [0.2, 0.25) is 0 Å². The summed E-state index contributed by atoms with van der Waals surface area (Å²) in [5.74, 6) is 0.457. The molecule has 1 rings (SSSR count). The quantitative estimate of drug-likeness (QED) is 0.751. The fraction of sp³-hybridized carbons (Fsp3) is 0.909.